The Bertz CT molecular complexity index is 645. The summed E-state index contributed by atoms with van der Waals surface area (Å²) in [6.07, 6.45) is 1.44. The van der Waals surface area contributed by atoms with Crippen LogP contribution >= 0.6 is 0 Å². The Morgan fingerprint density at radius 3 is 2.77 bits per heavy atom. The van der Waals surface area contributed by atoms with Crippen LogP contribution in [0.5, 0.6) is 5.75 Å². The topological polar surface area (TPSA) is 98.6 Å². The summed E-state index contributed by atoms with van der Waals surface area (Å²) >= 11 is 0. The van der Waals surface area contributed by atoms with Gasteiger partial charge in [0, 0.05) is 0 Å². The van der Waals surface area contributed by atoms with Gasteiger partial charge in [0.25, 0.3) is 0 Å². The van der Waals surface area contributed by atoms with Crippen molar-refractivity contribution in [2.75, 3.05) is 6.54 Å². The van der Waals surface area contributed by atoms with Gasteiger partial charge in [0.2, 0.25) is 0 Å². The summed E-state index contributed by atoms with van der Waals surface area (Å²) in [7, 11) is 0. The summed E-state index contributed by atoms with van der Waals surface area (Å²) in [6, 6.07) is 4.87. The van der Waals surface area contributed by atoms with Crippen LogP contribution in [-0.2, 0) is 13.0 Å². The van der Waals surface area contributed by atoms with Crippen LogP contribution in [0.2, 0.25) is 0 Å². The van der Waals surface area contributed by atoms with E-state index in [0.717, 1.165) is 29.0 Å². The summed E-state index contributed by atoms with van der Waals surface area (Å²) in [5.74, 6) is 0.438. The molecule has 0 radical (unpaired) electrons. The number of aryl methyl sites for hydroxylation is 3. The van der Waals surface area contributed by atoms with E-state index in [4.69, 9.17) is 20.1 Å². The molecule has 1 heterocycles. The average molecular weight is 304 g/mol. The van der Waals surface area contributed by atoms with Gasteiger partial charge in [-0.1, -0.05) is 5.16 Å². The summed E-state index contributed by atoms with van der Waals surface area (Å²) in [4.78, 5) is 11.1. The van der Waals surface area contributed by atoms with Crippen LogP contribution in [0.4, 0.5) is 0 Å². The monoisotopic (exact) mass is 304 g/mol. The van der Waals surface area contributed by atoms with Crippen molar-refractivity contribution in [3.8, 4) is 5.75 Å². The molecule has 0 bridgehead atoms. The second-order valence-electron chi connectivity index (χ2n) is 5.11. The van der Waals surface area contributed by atoms with Crippen molar-refractivity contribution in [2.24, 2.45) is 5.73 Å². The smallest absolute Gasteiger partial charge is 0.335 e. The maximum Gasteiger partial charge on any atom is 0.335 e. The molecule has 6 nitrogen and oxygen atoms in total. The summed E-state index contributed by atoms with van der Waals surface area (Å²) < 4.78 is 10.9. The van der Waals surface area contributed by atoms with Crippen LogP contribution in [0, 0.1) is 13.8 Å². The molecule has 0 amide bonds. The fourth-order valence-electron chi connectivity index (χ4n) is 2.20. The van der Waals surface area contributed by atoms with Crippen molar-refractivity contribution in [1.82, 2.24) is 5.16 Å². The molecule has 22 heavy (non-hydrogen) atoms. The molecular weight excluding hydrogens is 284 g/mol. The molecule has 0 spiro atoms. The molecule has 0 atom stereocenters. The molecule has 0 aliphatic rings. The maximum absolute atomic E-state index is 11.1. The maximum atomic E-state index is 11.1. The zero-order chi connectivity index (χ0) is 16.1. The lowest BCUT2D eigenvalue weighted by Gasteiger charge is -2.12. The third-order valence-electron chi connectivity index (χ3n) is 3.51. The number of ether oxygens (including phenoxy) is 1. The van der Waals surface area contributed by atoms with Gasteiger partial charge < -0.3 is 20.1 Å². The van der Waals surface area contributed by atoms with Gasteiger partial charge in [-0.3, -0.25) is 0 Å². The molecule has 0 fully saturated rings. The molecule has 2 aromatic rings. The van der Waals surface area contributed by atoms with E-state index in [1.165, 1.54) is 6.07 Å². The van der Waals surface area contributed by atoms with E-state index in [1.807, 2.05) is 13.8 Å². The fraction of sp³-hybridized carbons (Fsp3) is 0.375. The first-order chi connectivity index (χ1) is 10.5. The van der Waals surface area contributed by atoms with E-state index in [9.17, 15) is 4.79 Å². The average Bonchev–Trinajstić information content (AvgIpc) is 2.82. The number of nitrogens with two attached hydrogens (primary N) is 1. The quantitative estimate of drug-likeness (QED) is 0.815. The van der Waals surface area contributed by atoms with Crippen LogP contribution in [-0.4, -0.2) is 22.8 Å². The Kier molecular flexibility index (Phi) is 5.16. The fourth-order valence-corrected chi connectivity index (χ4v) is 2.20. The zero-order valence-electron chi connectivity index (χ0n) is 12.8. The molecule has 0 aliphatic heterocycles. The van der Waals surface area contributed by atoms with Gasteiger partial charge >= 0.3 is 5.97 Å². The lowest BCUT2D eigenvalue weighted by molar-refractivity contribution is 0.0696. The predicted octanol–water partition coefficient (Wildman–Crippen LogP) is 2.46. The van der Waals surface area contributed by atoms with Crippen LogP contribution in [0.3, 0.4) is 0 Å². The normalized spacial score (nSPS) is 10.7. The van der Waals surface area contributed by atoms with Gasteiger partial charge in [0.05, 0.1) is 16.8 Å². The van der Waals surface area contributed by atoms with E-state index in [1.54, 1.807) is 12.1 Å². The third-order valence-corrected chi connectivity index (χ3v) is 3.51. The van der Waals surface area contributed by atoms with Crippen molar-refractivity contribution in [3.63, 3.8) is 0 Å². The predicted molar refractivity (Wildman–Crippen MR) is 81.1 cm³/mol. The van der Waals surface area contributed by atoms with Crippen molar-refractivity contribution < 1.29 is 19.2 Å². The van der Waals surface area contributed by atoms with E-state index in [2.05, 4.69) is 5.16 Å². The number of aromatic nitrogens is 1. The first kappa shape index (κ1) is 16.0. The molecule has 3 N–H and O–H groups in total. The molecular formula is C16H20N2O4. The highest BCUT2D eigenvalue weighted by Crippen LogP contribution is 2.24. The number of benzene rings is 1. The lowest BCUT2D eigenvalue weighted by atomic mass is 10.0. The Balaban J connectivity index is 2.20. The minimum Gasteiger partial charge on any atom is -0.488 e. The molecule has 0 aliphatic carbocycles. The number of carbonyl (C=O) groups is 1. The molecule has 0 saturated heterocycles. The van der Waals surface area contributed by atoms with Crippen molar-refractivity contribution >= 4 is 5.97 Å². The Hall–Kier alpha value is -2.34. The number of carboxylic acids is 1. The largest absolute Gasteiger partial charge is 0.488 e. The van der Waals surface area contributed by atoms with Gasteiger partial charge in [0.1, 0.15) is 18.1 Å². The van der Waals surface area contributed by atoms with E-state index >= 15 is 0 Å². The molecule has 1 aromatic heterocycles. The summed E-state index contributed by atoms with van der Waals surface area (Å²) in [5, 5.41) is 13.0. The van der Waals surface area contributed by atoms with E-state index in [-0.39, 0.29) is 5.56 Å². The third kappa shape index (κ3) is 3.65. The molecule has 6 heteroatoms. The van der Waals surface area contributed by atoms with Crippen LogP contribution < -0.4 is 10.5 Å². The minimum absolute atomic E-state index is 0.247. The van der Waals surface area contributed by atoms with E-state index < -0.39 is 5.97 Å². The first-order valence-corrected chi connectivity index (χ1v) is 7.13. The van der Waals surface area contributed by atoms with Crippen LogP contribution in [0.1, 0.15) is 39.4 Å². The number of rotatable bonds is 7. The summed E-state index contributed by atoms with van der Waals surface area (Å²) in [6.45, 7) is 4.57. The van der Waals surface area contributed by atoms with E-state index in [0.29, 0.717) is 25.3 Å². The highest BCUT2D eigenvalue weighted by atomic mass is 16.5. The van der Waals surface area contributed by atoms with Gasteiger partial charge in [-0.05, 0) is 57.0 Å². The molecule has 2 rings (SSSR count). The second kappa shape index (κ2) is 7.09. The highest BCUT2D eigenvalue weighted by molar-refractivity contribution is 5.88. The van der Waals surface area contributed by atoms with Gasteiger partial charge in [-0.15, -0.1) is 0 Å². The van der Waals surface area contributed by atoms with Crippen LogP contribution in [0.15, 0.2) is 22.7 Å². The standard InChI is InChI=1S/C16H20N2O4/c1-10-14(11(2)22-18-10)9-21-15-6-5-13(16(19)20)8-12(15)4-3-7-17/h5-6,8H,3-4,7,9,17H2,1-2H3,(H,19,20). The second-order valence-corrected chi connectivity index (χ2v) is 5.11. The molecule has 1 aromatic carbocycles. The van der Waals surface area contributed by atoms with Crippen molar-refractivity contribution in [1.29, 1.82) is 0 Å². The number of hydrogen-bond acceptors (Lipinski definition) is 5. The van der Waals surface area contributed by atoms with Crippen molar-refractivity contribution in [3.05, 3.63) is 46.3 Å². The molecule has 0 saturated carbocycles. The summed E-state index contributed by atoms with van der Waals surface area (Å²) in [5.41, 5.74) is 8.33. The Morgan fingerprint density at radius 1 is 1.41 bits per heavy atom. The van der Waals surface area contributed by atoms with Crippen molar-refractivity contribution in [2.45, 2.75) is 33.3 Å². The minimum atomic E-state index is -0.953. The number of hydrogen-bond donors (Lipinski definition) is 2. The van der Waals surface area contributed by atoms with Gasteiger partial charge in [-0.25, -0.2) is 4.79 Å². The SMILES string of the molecule is Cc1noc(C)c1COc1ccc(C(=O)O)cc1CCCN. The molecule has 118 valence electrons. The zero-order valence-corrected chi connectivity index (χ0v) is 12.8. The number of aromatic carboxylic acids is 1. The number of carboxylic acid groups (broad SMARTS) is 1. The number of nitrogens with zero attached hydrogens (tertiary/aromatic N) is 1. The van der Waals surface area contributed by atoms with Gasteiger partial charge in [0.15, 0.2) is 0 Å². The highest BCUT2D eigenvalue weighted by Gasteiger charge is 2.13. The van der Waals surface area contributed by atoms with Crippen LogP contribution in [0.25, 0.3) is 0 Å². The first-order valence-electron chi connectivity index (χ1n) is 7.13. The Morgan fingerprint density at radius 2 is 2.18 bits per heavy atom. The van der Waals surface area contributed by atoms with Gasteiger partial charge in [-0.2, -0.15) is 0 Å². The molecule has 0 unspecified atom stereocenters. The Labute approximate surface area is 128 Å². The lowest BCUT2D eigenvalue weighted by Crippen LogP contribution is -2.06.